The van der Waals surface area contributed by atoms with E-state index in [1.165, 1.54) is 11.8 Å². The lowest BCUT2D eigenvalue weighted by atomic mass is 10.2. The molecule has 1 heterocycles. The van der Waals surface area contributed by atoms with Gasteiger partial charge in [0.25, 0.3) is 0 Å². The van der Waals surface area contributed by atoms with Crippen LogP contribution in [0.3, 0.4) is 0 Å². The number of benzene rings is 6. The van der Waals surface area contributed by atoms with Crippen molar-refractivity contribution in [3.63, 3.8) is 0 Å². The maximum atomic E-state index is 12.1. The van der Waals surface area contributed by atoms with Crippen LogP contribution in [0.1, 0.15) is 28.1 Å². The Morgan fingerprint density at radius 1 is 0.600 bits per heavy atom. The van der Waals surface area contributed by atoms with Crippen molar-refractivity contribution < 1.29 is 42.8 Å². The Kier molecular flexibility index (Phi) is 21.8. The van der Waals surface area contributed by atoms with E-state index in [2.05, 4.69) is 12.6 Å². The van der Waals surface area contributed by atoms with Crippen LogP contribution in [0, 0.1) is 3.57 Å². The highest BCUT2D eigenvalue weighted by molar-refractivity contribution is 14.1. The van der Waals surface area contributed by atoms with Gasteiger partial charge in [-0.15, -0.1) is 24.0 Å². The molecule has 0 bridgehead atoms. The van der Waals surface area contributed by atoms with Crippen LogP contribution in [-0.4, -0.2) is 45.2 Å². The van der Waals surface area contributed by atoms with Crippen LogP contribution in [0.25, 0.3) is 20.2 Å². The number of carboxylic acid groups (broad SMARTS) is 2. The van der Waals surface area contributed by atoms with Crippen LogP contribution in [0.15, 0.2) is 177 Å². The second kappa shape index (κ2) is 24.7. The molecule has 0 saturated carbocycles. The van der Waals surface area contributed by atoms with Gasteiger partial charge in [-0.1, -0.05) is 104 Å². The molecular weight excluding hydrogens is 896 g/mol. The van der Waals surface area contributed by atoms with Crippen LogP contribution >= 0.6 is 58.3 Å². The zero-order chi connectivity index (χ0) is 38.8. The second-order valence-corrected chi connectivity index (χ2v) is 15.0. The van der Waals surface area contributed by atoms with E-state index in [0.717, 1.165) is 38.4 Å². The molecule has 7 rings (SSSR count). The predicted octanol–water partition coefficient (Wildman–Crippen LogP) is 10.1. The van der Waals surface area contributed by atoms with E-state index in [9.17, 15) is 14.4 Å². The number of aromatic carboxylic acids is 2. The Morgan fingerprint density at radius 3 is 1.40 bits per heavy atom. The minimum atomic E-state index is -4.67. The molecule has 288 valence electrons. The first-order valence-corrected chi connectivity index (χ1v) is 19.7. The molecule has 0 unspecified atom stereocenters. The number of fused-ring (bicyclic) bond motifs is 2. The second-order valence-electron chi connectivity index (χ2n) is 10.2. The third-order valence-electron chi connectivity index (χ3n) is 6.43. The molecule has 0 aliphatic heterocycles. The molecule has 10 nitrogen and oxygen atoms in total. The molecular formula is C40H37IO10S4. The van der Waals surface area contributed by atoms with Crippen molar-refractivity contribution in [3.05, 3.63) is 183 Å². The maximum Gasteiger partial charge on any atom is 0.394 e. The largest absolute Gasteiger partial charge is 0.478 e. The summed E-state index contributed by atoms with van der Waals surface area (Å²) in [4.78, 5) is 36.3. The zero-order valence-electron chi connectivity index (χ0n) is 27.9. The molecule has 0 aliphatic rings. The van der Waals surface area contributed by atoms with Crippen molar-refractivity contribution in [3.8, 4) is 0 Å². The zero-order valence-corrected chi connectivity index (χ0v) is 33.4. The van der Waals surface area contributed by atoms with Crippen molar-refractivity contribution in [1.82, 2.24) is 0 Å². The van der Waals surface area contributed by atoms with E-state index in [4.69, 9.17) is 27.7 Å². The molecule has 0 amide bonds. The average molecular weight is 933 g/mol. The van der Waals surface area contributed by atoms with Crippen molar-refractivity contribution in [2.75, 3.05) is 0 Å². The van der Waals surface area contributed by atoms with Crippen molar-refractivity contribution in [1.29, 1.82) is 0 Å². The van der Waals surface area contributed by atoms with Gasteiger partial charge < -0.3 is 15.7 Å². The van der Waals surface area contributed by atoms with Crippen molar-refractivity contribution >= 4 is 101 Å². The molecule has 0 aliphatic carbocycles. The first-order chi connectivity index (χ1) is 25.2. The quantitative estimate of drug-likeness (QED) is 0.0490. The lowest BCUT2D eigenvalue weighted by Gasteiger charge is -2.04. The summed E-state index contributed by atoms with van der Waals surface area (Å²) in [5.41, 5.74) is 0.847. The highest BCUT2D eigenvalue weighted by atomic mass is 127. The molecule has 15 heteroatoms. The van der Waals surface area contributed by atoms with Crippen LogP contribution in [-0.2, 0) is 10.4 Å². The Bertz CT molecular complexity index is 2360. The summed E-state index contributed by atoms with van der Waals surface area (Å²) < 4.78 is 34.5. The SMILES string of the molecule is C.O.O=C(O)c1ccccc1I.O=C(O)c1ccccc1Sc1ccccc1.O=S(=O)(O)O.O=c1c2ccccc2sc2ccccc12.Sc1ccccc1. The van der Waals surface area contributed by atoms with E-state index in [0.29, 0.717) is 11.1 Å². The van der Waals surface area contributed by atoms with E-state index >= 15 is 0 Å². The average Bonchev–Trinajstić information content (AvgIpc) is 3.13. The first-order valence-electron chi connectivity index (χ1n) is 15.1. The van der Waals surface area contributed by atoms with Crippen LogP contribution in [0.5, 0.6) is 0 Å². The van der Waals surface area contributed by atoms with Gasteiger partial charge in [-0.3, -0.25) is 13.9 Å². The maximum absolute atomic E-state index is 12.1. The van der Waals surface area contributed by atoms with Gasteiger partial charge in [0.2, 0.25) is 0 Å². The standard InChI is InChI=1S/C13H10O2S.C13H8OS.C7H5IO2.C6H6S.CH4.H2O4S.H2O/c14-13(15)11-8-4-5-9-12(11)16-10-6-2-1-3-7-10;14-13-9-5-1-3-7-11(9)15-12-8-4-2-6-10(12)13;8-6-4-2-1-3-5(6)7(9)10;7-6-4-2-1-3-5-6;;1-5(2,3)4;/h1-9H,(H,14,15);1-8H;1-4H,(H,9,10);1-5,7H;1H4;(H2,1,2,3,4);1H2. The van der Waals surface area contributed by atoms with Gasteiger partial charge in [0.05, 0.1) is 11.1 Å². The third kappa shape index (κ3) is 17.6. The van der Waals surface area contributed by atoms with Gasteiger partial charge >= 0.3 is 22.3 Å². The summed E-state index contributed by atoms with van der Waals surface area (Å²) in [6.45, 7) is 0. The fraction of sp³-hybridized carbons (Fsp3) is 0.0250. The lowest BCUT2D eigenvalue weighted by molar-refractivity contribution is 0.0683. The number of halogens is 1. The molecule has 7 aromatic rings. The highest BCUT2D eigenvalue weighted by Gasteiger charge is 2.09. The molecule has 6 aromatic carbocycles. The molecule has 0 radical (unpaired) electrons. The van der Waals surface area contributed by atoms with Crippen molar-refractivity contribution in [2.24, 2.45) is 0 Å². The van der Waals surface area contributed by atoms with Gasteiger partial charge in [0.15, 0.2) is 5.43 Å². The predicted molar refractivity (Wildman–Crippen MR) is 234 cm³/mol. The monoisotopic (exact) mass is 932 g/mol. The summed E-state index contributed by atoms with van der Waals surface area (Å²) in [6, 6.07) is 48.9. The van der Waals surface area contributed by atoms with Gasteiger partial charge in [-0.25, -0.2) is 9.59 Å². The summed E-state index contributed by atoms with van der Waals surface area (Å²) in [5, 5.41) is 19.2. The molecule has 1 aromatic heterocycles. The summed E-state index contributed by atoms with van der Waals surface area (Å²) in [7, 11) is -4.67. The van der Waals surface area contributed by atoms with E-state index in [1.54, 1.807) is 41.7 Å². The van der Waals surface area contributed by atoms with E-state index in [-0.39, 0.29) is 18.3 Å². The Labute approximate surface area is 346 Å². The number of hydrogen-bond donors (Lipinski definition) is 5. The van der Waals surface area contributed by atoms with Gasteiger partial charge in [0, 0.05) is 38.4 Å². The van der Waals surface area contributed by atoms with Crippen LogP contribution in [0.2, 0.25) is 0 Å². The third-order valence-corrected chi connectivity index (χ3v) is 9.91. The smallest absolute Gasteiger partial charge is 0.394 e. The Hall–Kier alpha value is -4.59. The molecule has 0 fully saturated rings. The topological polar surface area (TPSA) is 198 Å². The fourth-order valence-electron chi connectivity index (χ4n) is 4.16. The first kappa shape index (κ1) is 48.4. The number of carboxylic acids is 2. The molecule has 6 N–H and O–H groups in total. The molecule has 0 spiro atoms. The van der Waals surface area contributed by atoms with E-state index < -0.39 is 22.3 Å². The number of rotatable bonds is 4. The number of hydrogen-bond acceptors (Lipinski definition) is 8. The summed E-state index contributed by atoms with van der Waals surface area (Å²) in [5.74, 6) is -1.76. The lowest BCUT2D eigenvalue weighted by Crippen LogP contribution is -1.99. The van der Waals surface area contributed by atoms with Gasteiger partial charge in [-0.2, -0.15) is 8.42 Å². The number of thiol groups is 1. The minimum absolute atomic E-state index is 0. The van der Waals surface area contributed by atoms with Gasteiger partial charge in [-0.05, 0) is 95.4 Å². The summed E-state index contributed by atoms with van der Waals surface area (Å²) >= 11 is 9.21. The Morgan fingerprint density at radius 2 is 0.982 bits per heavy atom. The van der Waals surface area contributed by atoms with Gasteiger partial charge in [0.1, 0.15) is 0 Å². The molecule has 55 heavy (non-hydrogen) atoms. The molecule has 0 atom stereocenters. The molecule has 0 saturated heterocycles. The normalized spacial score (nSPS) is 9.75. The fourth-order valence-corrected chi connectivity index (χ4v) is 6.98. The van der Waals surface area contributed by atoms with Crippen molar-refractivity contribution in [2.45, 2.75) is 22.1 Å². The number of carbonyl (C=O) groups is 2. The summed E-state index contributed by atoms with van der Waals surface area (Å²) in [6.07, 6.45) is 0. The minimum Gasteiger partial charge on any atom is -0.478 e. The highest BCUT2D eigenvalue weighted by Crippen LogP contribution is 2.30. The van der Waals surface area contributed by atoms with E-state index in [1.807, 2.05) is 150 Å². The Balaban J connectivity index is 0.000000360. The van der Waals surface area contributed by atoms with Crippen LogP contribution < -0.4 is 5.43 Å². The van der Waals surface area contributed by atoms with Crippen LogP contribution in [0.4, 0.5) is 0 Å².